The average molecular weight is 536 g/mol. The van der Waals surface area contributed by atoms with Gasteiger partial charge in [0.25, 0.3) is 15.9 Å². The van der Waals surface area contributed by atoms with Gasteiger partial charge in [0.2, 0.25) is 0 Å². The number of carbonyl (C=O) groups excluding carboxylic acids is 2. The van der Waals surface area contributed by atoms with Gasteiger partial charge in [-0.25, -0.2) is 8.42 Å². The summed E-state index contributed by atoms with van der Waals surface area (Å²) in [6.45, 7) is 2.25. The van der Waals surface area contributed by atoms with E-state index in [9.17, 15) is 18.0 Å². The molecule has 1 aromatic heterocycles. The van der Waals surface area contributed by atoms with E-state index in [1.165, 1.54) is 47.0 Å². The summed E-state index contributed by atoms with van der Waals surface area (Å²) in [5.74, 6) is -0.985. The van der Waals surface area contributed by atoms with E-state index in [2.05, 4.69) is 4.99 Å². The molecule has 0 spiro atoms. The molecule has 2 heterocycles. The van der Waals surface area contributed by atoms with Gasteiger partial charge in [-0.1, -0.05) is 41.7 Å². The molecule has 1 amide bonds. The highest BCUT2D eigenvalue weighted by Crippen LogP contribution is 2.32. The molecule has 10 heteroatoms. The second-order valence-corrected chi connectivity index (χ2v) is 11.6. The molecule has 0 atom stereocenters. The molecule has 0 saturated heterocycles. The molecular weight excluding hydrogens is 510 g/mol. The van der Waals surface area contributed by atoms with Crippen LogP contribution in [0.5, 0.6) is 0 Å². The van der Waals surface area contributed by atoms with E-state index in [0.29, 0.717) is 17.0 Å². The summed E-state index contributed by atoms with van der Waals surface area (Å²) >= 11 is 1.30. The SMILES string of the molecule is COC(=O)Cn1c(=NC(=O)c2ccc(S(=O)(=O)N3CCCc4ccccc43)cc2)sc2cccc(C)c21. The number of hydrogen-bond donors (Lipinski definition) is 0. The molecule has 0 bridgehead atoms. The molecule has 0 unspecified atom stereocenters. The van der Waals surface area contributed by atoms with E-state index in [4.69, 9.17) is 4.74 Å². The van der Waals surface area contributed by atoms with Crippen molar-refractivity contribution in [3.05, 3.63) is 88.2 Å². The highest BCUT2D eigenvalue weighted by molar-refractivity contribution is 7.92. The lowest BCUT2D eigenvalue weighted by Gasteiger charge is -2.30. The quantitative estimate of drug-likeness (QED) is 0.359. The Balaban J connectivity index is 1.48. The summed E-state index contributed by atoms with van der Waals surface area (Å²) in [6, 6.07) is 19.1. The van der Waals surface area contributed by atoms with Gasteiger partial charge >= 0.3 is 5.97 Å². The highest BCUT2D eigenvalue weighted by Gasteiger charge is 2.29. The number of benzene rings is 3. The zero-order valence-electron chi connectivity index (χ0n) is 20.4. The van der Waals surface area contributed by atoms with Crippen molar-refractivity contribution in [2.45, 2.75) is 31.2 Å². The van der Waals surface area contributed by atoms with E-state index in [1.807, 2.05) is 49.4 Å². The number of fused-ring (bicyclic) bond motifs is 2. The molecular formula is C27H25N3O5S2. The molecule has 1 aliphatic heterocycles. The van der Waals surface area contributed by atoms with E-state index < -0.39 is 21.9 Å². The van der Waals surface area contributed by atoms with Crippen LogP contribution in [-0.4, -0.2) is 38.5 Å². The molecule has 0 fully saturated rings. The summed E-state index contributed by atoms with van der Waals surface area (Å²) in [4.78, 5) is 29.9. The Morgan fingerprint density at radius 3 is 2.54 bits per heavy atom. The third-order valence-corrected chi connectivity index (χ3v) is 9.24. The Labute approximate surface area is 218 Å². The molecule has 5 rings (SSSR count). The van der Waals surface area contributed by atoms with Gasteiger partial charge in [-0.2, -0.15) is 4.99 Å². The lowest BCUT2D eigenvalue weighted by atomic mass is 10.0. The second kappa shape index (κ2) is 9.95. The summed E-state index contributed by atoms with van der Waals surface area (Å²) < 4.78 is 35.6. The number of aromatic nitrogens is 1. The number of aryl methyl sites for hydroxylation is 2. The summed E-state index contributed by atoms with van der Waals surface area (Å²) in [6.07, 6.45) is 1.58. The van der Waals surface area contributed by atoms with Crippen LogP contribution in [0.1, 0.15) is 27.9 Å². The smallest absolute Gasteiger partial charge is 0.325 e. The number of sulfonamides is 1. The van der Waals surface area contributed by atoms with Crippen LogP contribution in [0.2, 0.25) is 0 Å². The first-order valence-electron chi connectivity index (χ1n) is 11.7. The van der Waals surface area contributed by atoms with Crippen molar-refractivity contribution < 1.29 is 22.7 Å². The van der Waals surface area contributed by atoms with Crippen LogP contribution in [0.15, 0.2) is 76.6 Å². The van der Waals surface area contributed by atoms with E-state index in [-0.39, 0.29) is 17.0 Å². The fraction of sp³-hybridized carbons (Fsp3) is 0.222. The zero-order chi connectivity index (χ0) is 26.2. The minimum atomic E-state index is -3.78. The number of amides is 1. The molecule has 3 aromatic carbocycles. The molecule has 0 radical (unpaired) electrons. The van der Waals surface area contributed by atoms with Crippen molar-refractivity contribution in [2.75, 3.05) is 18.0 Å². The predicted octanol–water partition coefficient (Wildman–Crippen LogP) is 4.07. The van der Waals surface area contributed by atoms with Gasteiger partial charge in [0.15, 0.2) is 4.80 Å². The molecule has 37 heavy (non-hydrogen) atoms. The van der Waals surface area contributed by atoms with Crippen LogP contribution in [0.3, 0.4) is 0 Å². The molecule has 8 nitrogen and oxygen atoms in total. The Morgan fingerprint density at radius 1 is 1.03 bits per heavy atom. The summed E-state index contributed by atoms with van der Waals surface area (Å²) in [5, 5.41) is 0. The Hall–Kier alpha value is -3.76. The number of carbonyl (C=O) groups is 2. The normalized spacial score (nSPS) is 14.0. The highest BCUT2D eigenvalue weighted by atomic mass is 32.2. The number of hydrogen-bond acceptors (Lipinski definition) is 6. The predicted molar refractivity (Wildman–Crippen MR) is 142 cm³/mol. The maximum absolute atomic E-state index is 13.4. The van der Waals surface area contributed by atoms with Crippen molar-refractivity contribution in [3.8, 4) is 0 Å². The van der Waals surface area contributed by atoms with Crippen LogP contribution < -0.4 is 9.11 Å². The second-order valence-electron chi connectivity index (χ2n) is 8.72. The molecule has 0 aliphatic carbocycles. The van der Waals surface area contributed by atoms with Crippen molar-refractivity contribution in [1.82, 2.24) is 4.57 Å². The fourth-order valence-corrected chi connectivity index (χ4v) is 7.18. The fourth-order valence-electron chi connectivity index (χ4n) is 4.53. The lowest BCUT2D eigenvalue weighted by molar-refractivity contribution is -0.141. The summed E-state index contributed by atoms with van der Waals surface area (Å²) in [5.41, 5.74) is 3.70. The van der Waals surface area contributed by atoms with Crippen LogP contribution in [0, 0.1) is 6.92 Å². The van der Waals surface area contributed by atoms with Crippen LogP contribution in [-0.2, 0) is 32.5 Å². The standard InChI is InChI=1S/C27H25N3O5S2/c1-18-7-5-11-23-25(18)29(17-24(31)35-2)27(36-23)28-26(32)20-12-14-21(15-13-20)37(33,34)30-16-6-9-19-8-3-4-10-22(19)30/h3-5,7-8,10-15H,6,9,16-17H2,1-2H3. The van der Waals surface area contributed by atoms with Crippen molar-refractivity contribution in [1.29, 1.82) is 0 Å². The van der Waals surface area contributed by atoms with Gasteiger partial charge in [-0.15, -0.1) is 0 Å². The minimum absolute atomic E-state index is 0.0814. The third kappa shape index (κ3) is 4.70. The topological polar surface area (TPSA) is 98.0 Å². The van der Waals surface area contributed by atoms with E-state index in [0.717, 1.165) is 34.2 Å². The maximum atomic E-state index is 13.4. The number of rotatable bonds is 5. The zero-order valence-corrected chi connectivity index (χ0v) is 22.0. The molecule has 1 aliphatic rings. The number of thiazole rings is 1. The Kier molecular flexibility index (Phi) is 6.70. The first-order chi connectivity index (χ1) is 17.8. The molecule has 190 valence electrons. The Morgan fingerprint density at radius 2 is 1.78 bits per heavy atom. The third-order valence-electron chi connectivity index (χ3n) is 6.37. The first-order valence-corrected chi connectivity index (χ1v) is 14.0. The number of para-hydroxylation sites is 2. The van der Waals surface area contributed by atoms with Crippen LogP contribution >= 0.6 is 11.3 Å². The number of esters is 1. The maximum Gasteiger partial charge on any atom is 0.325 e. The van der Waals surface area contributed by atoms with Gasteiger partial charge < -0.3 is 9.30 Å². The monoisotopic (exact) mass is 535 g/mol. The summed E-state index contributed by atoms with van der Waals surface area (Å²) in [7, 11) is -2.47. The first kappa shape index (κ1) is 24.9. The van der Waals surface area contributed by atoms with E-state index >= 15 is 0 Å². The largest absolute Gasteiger partial charge is 0.468 e. The van der Waals surface area contributed by atoms with Crippen molar-refractivity contribution >= 4 is 49.1 Å². The van der Waals surface area contributed by atoms with Crippen molar-refractivity contribution in [2.24, 2.45) is 4.99 Å². The Bertz CT molecular complexity index is 1690. The molecule has 4 aromatic rings. The van der Waals surface area contributed by atoms with E-state index in [1.54, 1.807) is 4.57 Å². The van der Waals surface area contributed by atoms with Crippen LogP contribution in [0.4, 0.5) is 5.69 Å². The lowest BCUT2D eigenvalue weighted by Crippen LogP contribution is -2.35. The number of methoxy groups -OCH3 is 1. The molecule has 0 N–H and O–H groups in total. The number of nitrogens with zero attached hydrogens (tertiary/aromatic N) is 3. The number of ether oxygens (including phenoxy) is 1. The van der Waals surface area contributed by atoms with Gasteiger partial charge in [0.05, 0.1) is 27.9 Å². The number of anilines is 1. The van der Waals surface area contributed by atoms with Gasteiger partial charge in [-0.3, -0.25) is 13.9 Å². The van der Waals surface area contributed by atoms with Gasteiger partial charge in [0.1, 0.15) is 6.54 Å². The van der Waals surface area contributed by atoms with Crippen molar-refractivity contribution in [3.63, 3.8) is 0 Å². The molecule has 0 saturated carbocycles. The van der Waals surface area contributed by atoms with Crippen LogP contribution in [0.25, 0.3) is 10.2 Å². The van der Waals surface area contributed by atoms with Gasteiger partial charge in [0, 0.05) is 12.1 Å². The average Bonchev–Trinajstić information content (AvgIpc) is 3.25. The van der Waals surface area contributed by atoms with Gasteiger partial charge in [-0.05, 0) is 67.3 Å². The minimum Gasteiger partial charge on any atom is -0.468 e.